The van der Waals surface area contributed by atoms with Gasteiger partial charge in [-0.25, -0.2) is 0 Å². The van der Waals surface area contributed by atoms with Crippen LogP contribution in [0.3, 0.4) is 0 Å². The average Bonchev–Trinajstić information content (AvgIpc) is 3.33. The molecule has 9 heteroatoms. The molecule has 0 unspecified atom stereocenters. The van der Waals surface area contributed by atoms with Gasteiger partial charge in [-0.15, -0.1) is 0 Å². The van der Waals surface area contributed by atoms with Gasteiger partial charge < -0.3 is 23.4 Å². The van der Waals surface area contributed by atoms with E-state index in [-0.39, 0.29) is 16.7 Å². The molecule has 1 fully saturated rings. The van der Waals surface area contributed by atoms with Crippen LogP contribution in [0, 0.1) is 0 Å². The van der Waals surface area contributed by atoms with E-state index in [1.807, 2.05) is 56.4 Å². The van der Waals surface area contributed by atoms with Crippen molar-refractivity contribution in [2.75, 3.05) is 13.2 Å². The van der Waals surface area contributed by atoms with Gasteiger partial charge in [0.15, 0.2) is 0 Å². The number of aliphatic hydroxyl groups is 1. The lowest BCUT2D eigenvalue weighted by molar-refractivity contribution is -0.151. The van der Waals surface area contributed by atoms with E-state index in [0.29, 0.717) is 0 Å². The van der Waals surface area contributed by atoms with E-state index >= 15 is 0 Å². The molecule has 1 saturated heterocycles. The second-order valence-electron chi connectivity index (χ2n) is 15.3. The summed E-state index contributed by atoms with van der Waals surface area (Å²) in [6.07, 6.45) is -1.63. The molecule has 1 aliphatic heterocycles. The average molecular weight is 695 g/mol. The second-order valence-corrected chi connectivity index (χ2v) is 23.8. The molecule has 49 heavy (non-hydrogen) atoms. The van der Waals surface area contributed by atoms with Crippen molar-refractivity contribution < 1.29 is 28.2 Å². The third kappa shape index (κ3) is 6.89. The largest absolute Gasteiger partial charge is 0.458 e. The second kappa shape index (κ2) is 14.5. The molecular weight excluding hydrogens is 643 g/mol. The zero-order valence-electron chi connectivity index (χ0n) is 30.2. The topological polar surface area (TPSA) is 74.2 Å². The molecule has 0 bridgehead atoms. The number of esters is 1. The van der Waals surface area contributed by atoms with Gasteiger partial charge >= 0.3 is 5.97 Å². The van der Waals surface area contributed by atoms with Crippen molar-refractivity contribution in [3.05, 3.63) is 121 Å². The molecule has 0 amide bonds. The maximum atomic E-state index is 12.7. The van der Waals surface area contributed by atoms with Gasteiger partial charge in [-0.1, -0.05) is 163 Å². The van der Waals surface area contributed by atoms with Gasteiger partial charge in [0, 0.05) is 6.92 Å². The van der Waals surface area contributed by atoms with E-state index in [1.54, 1.807) is 0 Å². The van der Waals surface area contributed by atoms with Gasteiger partial charge in [-0.3, -0.25) is 4.79 Å². The first-order valence-electron chi connectivity index (χ1n) is 17.2. The van der Waals surface area contributed by atoms with Crippen molar-refractivity contribution in [3.63, 3.8) is 0 Å². The molecule has 4 aromatic rings. The molecule has 1 aliphatic rings. The Morgan fingerprint density at radius 3 is 1.41 bits per heavy atom. The Kier molecular flexibility index (Phi) is 10.9. The summed E-state index contributed by atoms with van der Waals surface area (Å²) in [6, 6.07) is 40.9. The summed E-state index contributed by atoms with van der Waals surface area (Å²) in [5.74, 6) is -0.432. The lowest BCUT2D eigenvalue weighted by atomic mass is 9.89. The highest BCUT2D eigenvalue weighted by molar-refractivity contribution is 7.00. The zero-order chi connectivity index (χ0) is 35.5. The summed E-state index contributed by atoms with van der Waals surface area (Å²) < 4.78 is 28.0. The molecule has 0 aliphatic carbocycles. The molecule has 0 saturated carbocycles. The molecule has 1 N–H and O–H groups in total. The molecule has 4 aromatic carbocycles. The normalized spacial score (nSPS) is 21.8. The number of hydrogen-bond donors (Lipinski definition) is 1. The minimum Gasteiger partial charge on any atom is -0.458 e. The van der Waals surface area contributed by atoms with Gasteiger partial charge in [-0.2, -0.15) is 0 Å². The fraction of sp³-hybridized carbons (Fsp3) is 0.375. The van der Waals surface area contributed by atoms with Gasteiger partial charge in [0.1, 0.15) is 25.7 Å². The Labute approximate surface area is 295 Å². The molecule has 0 aromatic heterocycles. The highest BCUT2D eigenvalue weighted by atomic mass is 28.4. The lowest BCUT2D eigenvalue weighted by Gasteiger charge is -2.49. The minimum atomic E-state index is -3.21. The number of hydrogen-bond acceptors (Lipinski definition) is 6. The predicted octanol–water partition coefficient (Wildman–Crippen LogP) is 4.16. The van der Waals surface area contributed by atoms with Crippen LogP contribution in [-0.2, 0) is 23.1 Å². The van der Waals surface area contributed by atoms with E-state index in [2.05, 4.69) is 114 Å². The summed E-state index contributed by atoms with van der Waals surface area (Å²) in [7, 11) is -4.38. The van der Waals surface area contributed by atoms with Gasteiger partial charge in [0.2, 0.25) is 0 Å². The summed E-state index contributed by atoms with van der Waals surface area (Å²) in [5.41, 5.74) is -1.35. The first-order valence-corrected chi connectivity index (χ1v) is 21.0. The quantitative estimate of drug-likeness (QED) is 0.188. The van der Waals surface area contributed by atoms with Crippen LogP contribution in [0.1, 0.15) is 48.5 Å². The standard InChI is InChI=1S/C40H51BO6Si2/c1-30(43)45-35-36(47-49(39(5,6)7,33-24-16-10-17-25-33)34-26-18-11-19-27-34)40(28-42,46-37(35)41)29-44-48(38(2,3)4,31-20-12-8-13-21-31)32-22-14-9-15-23-32/h8-27,35-37,42H,28-29,41H2,1-7H3/t35-,36-,37+,40+/m0/s1. The van der Waals surface area contributed by atoms with Crippen molar-refractivity contribution in [2.24, 2.45) is 0 Å². The van der Waals surface area contributed by atoms with E-state index < -0.39 is 53.0 Å². The summed E-state index contributed by atoms with van der Waals surface area (Å²) in [5, 5.41) is 15.3. The third-order valence-corrected chi connectivity index (χ3v) is 19.9. The number of rotatable bonds is 11. The molecule has 1 heterocycles. The zero-order valence-corrected chi connectivity index (χ0v) is 32.2. The Morgan fingerprint density at radius 1 is 0.714 bits per heavy atom. The minimum absolute atomic E-state index is 0.0295. The lowest BCUT2D eigenvalue weighted by Crippen LogP contribution is -2.72. The summed E-state index contributed by atoms with van der Waals surface area (Å²) in [6.45, 7) is 14.3. The summed E-state index contributed by atoms with van der Waals surface area (Å²) in [4.78, 5) is 12.7. The monoisotopic (exact) mass is 694 g/mol. The van der Waals surface area contributed by atoms with Crippen LogP contribution in [0.25, 0.3) is 0 Å². The Bertz CT molecular complexity index is 1580. The molecule has 4 atom stereocenters. The number of aliphatic hydroxyl groups excluding tert-OH is 1. The molecule has 258 valence electrons. The van der Waals surface area contributed by atoms with Gasteiger partial charge in [0.25, 0.3) is 16.6 Å². The highest BCUT2D eigenvalue weighted by Crippen LogP contribution is 2.44. The van der Waals surface area contributed by atoms with Crippen molar-refractivity contribution in [2.45, 2.75) is 82.4 Å². The van der Waals surface area contributed by atoms with Crippen molar-refractivity contribution >= 4 is 51.2 Å². The molecular formula is C40H51BO6Si2. The van der Waals surface area contributed by atoms with E-state index in [9.17, 15) is 9.90 Å². The fourth-order valence-corrected chi connectivity index (χ4v) is 17.1. The molecule has 0 radical (unpaired) electrons. The van der Waals surface area contributed by atoms with Crippen LogP contribution in [0.15, 0.2) is 121 Å². The van der Waals surface area contributed by atoms with Crippen LogP contribution in [0.4, 0.5) is 0 Å². The van der Waals surface area contributed by atoms with Crippen LogP contribution < -0.4 is 20.7 Å². The Morgan fingerprint density at radius 2 is 1.08 bits per heavy atom. The number of ether oxygens (including phenoxy) is 2. The molecule has 6 nitrogen and oxygen atoms in total. The smallest absolute Gasteiger partial charge is 0.303 e. The van der Waals surface area contributed by atoms with Crippen molar-refractivity contribution in [1.82, 2.24) is 0 Å². The maximum Gasteiger partial charge on any atom is 0.303 e. The number of benzene rings is 4. The SMILES string of the molecule is B[C@@H]1O[C@](CO)(CO[Si](c2ccccc2)(c2ccccc2)C(C)(C)C)[C@@H](O[Si](c2ccccc2)(c2ccccc2)C(C)(C)C)[C@@H]1OC(C)=O. The first-order chi connectivity index (χ1) is 23.2. The summed E-state index contributed by atoms with van der Waals surface area (Å²) >= 11 is 0. The molecule has 5 rings (SSSR count). The molecule has 0 spiro atoms. The Hall–Kier alpha value is -3.31. The number of carbonyl (C=O) groups is 1. The first kappa shape index (κ1) is 37.0. The van der Waals surface area contributed by atoms with Crippen LogP contribution in [0.5, 0.6) is 0 Å². The Balaban J connectivity index is 1.71. The van der Waals surface area contributed by atoms with Crippen LogP contribution in [-0.4, -0.2) is 72.6 Å². The van der Waals surface area contributed by atoms with E-state index in [0.717, 1.165) is 20.7 Å². The fourth-order valence-electron chi connectivity index (χ4n) is 7.74. The predicted molar refractivity (Wildman–Crippen MR) is 205 cm³/mol. The van der Waals surface area contributed by atoms with Gasteiger partial charge in [-0.05, 0) is 30.8 Å². The van der Waals surface area contributed by atoms with Crippen LogP contribution in [0.2, 0.25) is 10.1 Å². The maximum absolute atomic E-state index is 12.7. The van der Waals surface area contributed by atoms with Gasteiger partial charge in [0.05, 0.1) is 19.2 Å². The van der Waals surface area contributed by atoms with Crippen LogP contribution >= 0.6 is 0 Å². The number of carbonyl (C=O) groups excluding carboxylic acids is 1. The van der Waals surface area contributed by atoms with E-state index in [4.69, 9.17) is 18.3 Å². The van der Waals surface area contributed by atoms with E-state index in [1.165, 1.54) is 6.92 Å². The van der Waals surface area contributed by atoms with Crippen molar-refractivity contribution in [3.8, 4) is 0 Å². The highest BCUT2D eigenvalue weighted by Gasteiger charge is 2.63. The van der Waals surface area contributed by atoms with Crippen molar-refractivity contribution in [1.29, 1.82) is 0 Å². The third-order valence-electron chi connectivity index (χ3n) is 9.94.